The maximum Gasteiger partial charge on any atom is 0.345 e. The number of rotatable bonds is 4. The van der Waals surface area contributed by atoms with Crippen LogP contribution in [0.2, 0.25) is 0 Å². The molecule has 1 atom stereocenters. The summed E-state index contributed by atoms with van der Waals surface area (Å²) in [5, 5.41) is 8.81. The van der Waals surface area contributed by atoms with Crippen LogP contribution in [0.1, 0.15) is 39.1 Å². The largest absolute Gasteiger partial charge is 0.477 e. The van der Waals surface area contributed by atoms with E-state index >= 15 is 0 Å². The average molecular weight is 253 g/mol. The number of amides is 1. The smallest absolute Gasteiger partial charge is 0.345 e. The van der Waals surface area contributed by atoms with Gasteiger partial charge in [-0.2, -0.15) is 0 Å². The number of aromatic carboxylic acids is 1. The van der Waals surface area contributed by atoms with Gasteiger partial charge in [0.25, 0.3) is 5.91 Å². The fourth-order valence-corrected chi connectivity index (χ4v) is 2.65. The summed E-state index contributed by atoms with van der Waals surface area (Å²) in [5.74, 6) is -0.447. The zero-order valence-corrected chi connectivity index (χ0v) is 10.7. The van der Waals surface area contributed by atoms with E-state index in [9.17, 15) is 9.59 Å². The summed E-state index contributed by atoms with van der Waals surface area (Å²) in [4.78, 5) is 25.3. The summed E-state index contributed by atoms with van der Waals surface area (Å²) in [6, 6.07) is 3.31. The van der Waals surface area contributed by atoms with Crippen LogP contribution in [-0.4, -0.2) is 35.0 Å². The Bertz CT molecular complexity index is 450. The summed E-state index contributed by atoms with van der Waals surface area (Å²) >= 11 is 1.04. The molecule has 1 aromatic heterocycles. The molecule has 0 spiro atoms. The lowest BCUT2D eigenvalue weighted by Gasteiger charge is -2.24. The van der Waals surface area contributed by atoms with Crippen molar-refractivity contribution in [1.29, 1.82) is 0 Å². The molecule has 2 rings (SSSR count). The highest BCUT2D eigenvalue weighted by Gasteiger charge is 2.33. The molecule has 1 heterocycles. The molecule has 1 amide bonds. The van der Waals surface area contributed by atoms with E-state index in [1.807, 2.05) is 6.92 Å². The highest BCUT2D eigenvalue weighted by molar-refractivity contribution is 7.15. The van der Waals surface area contributed by atoms with Gasteiger partial charge in [0.1, 0.15) is 4.88 Å². The molecule has 0 bridgehead atoms. The molecular formula is C12H15NO3S. The first-order chi connectivity index (χ1) is 8.00. The standard InChI is InChI=1S/C12H15NO3S/c1-7(8-3-4-8)13(2)11(14)9-5-6-10(17-9)12(15)16/h5-8H,3-4H2,1-2H3,(H,15,16). The summed E-state index contributed by atoms with van der Waals surface area (Å²) in [5.41, 5.74) is 0. The third kappa shape index (κ3) is 2.49. The van der Waals surface area contributed by atoms with Crippen molar-refractivity contribution >= 4 is 23.2 Å². The topological polar surface area (TPSA) is 57.6 Å². The summed E-state index contributed by atoms with van der Waals surface area (Å²) in [6.07, 6.45) is 2.37. The van der Waals surface area contributed by atoms with Crippen LogP contribution in [0.4, 0.5) is 0 Å². The van der Waals surface area contributed by atoms with Gasteiger partial charge >= 0.3 is 5.97 Å². The van der Waals surface area contributed by atoms with Gasteiger partial charge in [-0.25, -0.2) is 4.79 Å². The van der Waals surface area contributed by atoms with Gasteiger partial charge in [0, 0.05) is 13.1 Å². The first-order valence-corrected chi connectivity index (χ1v) is 6.42. The van der Waals surface area contributed by atoms with Crippen LogP contribution in [0.25, 0.3) is 0 Å². The number of carboxylic acid groups (broad SMARTS) is 1. The normalized spacial score (nSPS) is 16.6. The second-order valence-electron chi connectivity index (χ2n) is 4.46. The lowest BCUT2D eigenvalue weighted by molar-refractivity contribution is 0.0700. The minimum absolute atomic E-state index is 0.0816. The summed E-state index contributed by atoms with van der Waals surface area (Å²) in [7, 11) is 1.78. The van der Waals surface area contributed by atoms with Crippen molar-refractivity contribution in [2.45, 2.75) is 25.8 Å². The van der Waals surface area contributed by atoms with Crippen LogP contribution >= 0.6 is 11.3 Å². The van der Waals surface area contributed by atoms with Crippen LogP contribution < -0.4 is 0 Å². The molecule has 1 aromatic rings. The molecule has 0 saturated heterocycles. The third-order valence-corrected chi connectivity index (χ3v) is 4.32. The molecule has 0 aliphatic heterocycles. The fourth-order valence-electron chi connectivity index (χ4n) is 1.82. The van der Waals surface area contributed by atoms with E-state index < -0.39 is 5.97 Å². The minimum atomic E-state index is -0.980. The van der Waals surface area contributed by atoms with Gasteiger partial charge in [-0.3, -0.25) is 4.79 Å². The maximum atomic E-state index is 12.1. The van der Waals surface area contributed by atoms with Crippen molar-refractivity contribution in [2.24, 2.45) is 5.92 Å². The zero-order chi connectivity index (χ0) is 12.6. The highest BCUT2D eigenvalue weighted by Crippen LogP contribution is 2.35. The fraction of sp³-hybridized carbons (Fsp3) is 0.500. The number of thiophene rings is 1. The van der Waals surface area contributed by atoms with Gasteiger partial charge in [0.2, 0.25) is 0 Å². The van der Waals surface area contributed by atoms with Crippen LogP contribution in [0.3, 0.4) is 0 Å². The quantitative estimate of drug-likeness (QED) is 0.895. The molecule has 1 fully saturated rings. The van der Waals surface area contributed by atoms with E-state index in [4.69, 9.17) is 5.11 Å². The minimum Gasteiger partial charge on any atom is -0.477 e. The molecule has 0 radical (unpaired) electrons. The first-order valence-electron chi connectivity index (χ1n) is 5.61. The number of hydrogen-bond donors (Lipinski definition) is 1. The molecule has 1 saturated carbocycles. The Morgan fingerprint density at radius 2 is 2.00 bits per heavy atom. The van der Waals surface area contributed by atoms with E-state index in [2.05, 4.69) is 0 Å². The van der Waals surface area contributed by atoms with Crippen LogP contribution in [0.15, 0.2) is 12.1 Å². The summed E-state index contributed by atoms with van der Waals surface area (Å²) in [6.45, 7) is 2.04. The van der Waals surface area contributed by atoms with Gasteiger partial charge in [0.15, 0.2) is 0 Å². The van der Waals surface area contributed by atoms with Gasteiger partial charge < -0.3 is 10.0 Å². The number of carboxylic acids is 1. The van der Waals surface area contributed by atoms with E-state index in [1.165, 1.54) is 18.9 Å². The van der Waals surface area contributed by atoms with Crippen molar-refractivity contribution in [3.05, 3.63) is 21.9 Å². The highest BCUT2D eigenvalue weighted by atomic mass is 32.1. The molecular weight excluding hydrogens is 238 g/mol. The van der Waals surface area contributed by atoms with E-state index in [1.54, 1.807) is 18.0 Å². The Hall–Kier alpha value is -1.36. The van der Waals surface area contributed by atoms with Crippen molar-refractivity contribution in [3.63, 3.8) is 0 Å². The molecule has 1 aliphatic rings. The third-order valence-electron chi connectivity index (χ3n) is 3.26. The Balaban J connectivity index is 2.09. The Morgan fingerprint density at radius 1 is 1.41 bits per heavy atom. The van der Waals surface area contributed by atoms with Crippen LogP contribution in [0, 0.1) is 5.92 Å². The summed E-state index contributed by atoms with van der Waals surface area (Å²) < 4.78 is 0. The van der Waals surface area contributed by atoms with Gasteiger partial charge in [-0.15, -0.1) is 11.3 Å². The molecule has 1 N–H and O–H groups in total. The van der Waals surface area contributed by atoms with E-state index in [0.29, 0.717) is 10.8 Å². The number of nitrogens with zero attached hydrogens (tertiary/aromatic N) is 1. The Labute approximate surface area is 104 Å². The molecule has 1 aliphatic carbocycles. The van der Waals surface area contributed by atoms with Crippen LogP contribution in [-0.2, 0) is 0 Å². The number of carbonyl (C=O) groups is 2. The Kier molecular flexibility index (Phi) is 3.19. The van der Waals surface area contributed by atoms with Gasteiger partial charge in [-0.05, 0) is 37.8 Å². The predicted octanol–water partition coefficient (Wildman–Crippen LogP) is 2.32. The zero-order valence-electron chi connectivity index (χ0n) is 9.84. The molecule has 1 unspecified atom stereocenters. The second kappa shape index (κ2) is 4.49. The van der Waals surface area contributed by atoms with Crippen molar-refractivity contribution in [2.75, 3.05) is 7.05 Å². The van der Waals surface area contributed by atoms with Crippen molar-refractivity contribution < 1.29 is 14.7 Å². The lowest BCUT2D eigenvalue weighted by atomic mass is 10.2. The first kappa shape index (κ1) is 12.1. The Morgan fingerprint density at radius 3 is 2.47 bits per heavy atom. The molecule has 4 nitrogen and oxygen atoms in total. The SMILES string of the molecule is CC(C1CC1)N(C)C(=O)c1ccc(C(=O)O)s1. The molecule has 92 valence electrons. The van der Waals surface area contributed by atoms with Crippen molar-refractivity contribution in [1.82, 2.24) is 4.90 Å². The van der Waals surface area contributed by atoms with Gasteiger partial charge in [0.05, 0.1) is 4.88 Å². The maximum absolute atomic E-state index is 12.1. The number of carbonyl (C=O) groups excluding carboxylic acids is 1. The predicted molar refractivity (Wildman–Crippen MR) is 65.6 cm³/mol. The monoisotopic (exact) mass is 253 g/mol. The molecule has 17 heavy (non-hydrogen) atoms. The average Bonchev–Trinajstić information content (AvgIpc) is 3.03. The number of hydrogen-bond acceptors (Lipinski definition) is 3. The van der Waals surface area contributed by atoms with Gasteiger partial charge in [-0.1, -0.05) is 0 Å². The van der Waals surface area contributed by atoms with Crippen LogP contribution in [0.5, 0.6) is 0 Å². The molecule has 0 aromatic carbocycles. The second-order valence-corrected chi connectivity index (χ2v) is 5.55. The lowest BCUT2D eigenvalue weighted by Crippen LogP contribution is -2.35. The molecule has 5 heteroatoms. The van der Waals surface area contributed by atoms with Crippen molar-refractivity contribution in [3.8, 4) is 0 Å². The van der Waals surface area contributed by atoms with E-state index in [0.717, 1.165) is 11.3 Å². The van der Waals surface area contributed by atoms with E-state index in [-0.39, 0.29) is 16.8 Å².